The Hall–Kier alpha value is -0.970. The zero-order valence-corrected chi connectivity index (χ0v) is 12.3. The van der Waals surface area contributed by atoms with Crippen LogP contribution >= 0.6 is 7.60 Å². The second-order valence-corrected chi connectivity index (χ2v) is 9.12. The molecule has 0 spiro atoms. The first-order chi connectivity index (χ1) is 8.83. The minimum atomic E-state index is -4.77. The molecule has 1 aromatic rings. The van der Waals surface area contributed by atoms with Crippen molar-refractivity contribution in [3.8, 4) is 0 Å². The van der Waals surface area contributed by atoms with E-state index in [0.29, 0.717) is 6.07 Å². The lowest BCUT2D eigenvalue weighted by molar-refractivity contribution is 0.374. The Morgan fingerprint density at radius 3 is 2.15 bits per heavy atom. The molecule has 1 rings (SSSR count). The van der Waals surface area contributed by atoms with Gasteiger partial charge in [0.05, 0.1) is 22.5 Å². The van der Waals surface area contributed by atoms with Crippen molar-refractivity contribution in [2.24, 2.45) is 0 Å². The molecule has 0 atom stereocenters. The molecule has 0 aromatic heterocycles. The zero-order chi connectivity index (χ0) is 15.8. The van der Waals surface area contributed by atoms with Crippen LogP contribution in [0.2, 0.25) is 0 Å². The smallest absolute Gasteiger partial charge is 0.324 e. The summed E-state index contributed by atoms with van der Waals surface area (Å²) in [5, 5.41) is 0. The van der Waals surface area contributed by atoms with E-state index in [0.717, 1.165) is 12.1 Å². The van der Waals surface area contributed by atoms with Crippen molar-refractivity contribution in [1.29, 1.82) is 0 Å². The van der Waals surface area contributed by atoms with Gasteiger partial charge in [-0.25, -0.2) is 8.42 Å². The molecule has 113 valence electrons. The fourth-order valence-electron chi connectivity index (χ4n) is 1.27. The summed E-state index contributed by atoms with van der Waals surface area (Å²) in [5.74, 6) is -0.889. The van der Waals surface area contributed by atoms with Gasteiger partial charge in [-0.1, -0.05) is 0 Å². The minimum absolute atomic E-state index is 0.547. The molecule has 0 unspecified atom stereocenters. The predicted octanol–water partition coefficient (Wildman–Crippen LogP) is -0.201. The molecule has 0 saturated carbocycles. The van der Waals surface area contributed by atoms with Gasteiger partial charge in [-0.3, -0.25) is 14.9 Å². The normalized spacial score (nSPS) is 13.3. The van der Waals surface area contributed by atoms with Crippen molar-refractivity contribution in [3.05, 3.63) is 18.2 Å². The van der Waals surface area contributed by atoms with Crippen molar-refractivity contribution >= 4 is 33.2 Å². The molecule has 1 aromatic carbocycles. The van der Waals surface area contributed by atoms with Crippen molar-refractivity contribution in [1.82, 2.24) is 5.73 Å². The largest absolute Gasteiger partial charge is 0.326 e. The lowest BCUT2D eigenvalue weighted by Crippen LogP contribution is -2.12. The number of sulfone groups is 1. The van der Waals surface area contributed by atoms with E-state index in [4.69, 9.17) is 20.1 Å². The summed E-state index contributed by atoms with van der Waals surface area (Å²) in [7, 11) is -13.4. The number of nitrogens with one attached hydrogen (secondary N) is 1. The van der Waals surface area contributed by atoms with Crippen LogP contribution in [0, 0.1) is 0 Å². The molecule has 0 heterocycles. The van der Waals surface area contributed by atoms with Gasteiger partial charge >= 0.3 is 7.60 Å². The SMILES string of the molecule is [NH]c1ccc(S(=O)(=O)CCP(=O)(O)O)cc1S(=O)(=O)O. The van der Waals surface area contributed by atoms with E-state index in [-0.39, 0.29) is 0 Å². The van der Waals surface area contributed by atoms with Gasteiger partial charge in [-0.05, 0) is 18.2 Å². The maximum atomic E-state index is 11.8. The Balaban J connectivity index is 3.25. The van der Waals surface area contributed by atoms with Crippen LogP contribution in [0.3, 0.4) is 0 Å². The standard InChI is InChI=1S/C8H11NO8PS2/c9-7-2-1-6(5-8(7)20(15,16)17)19(13,14)4-3-18(10,11)12/h1-2,5,9H,3-4H2,(H2,10,11,12)(H,15,16,17). The summed E-state index contributed by atoms with van der Waals surface area (Å²) in [6.45, 7) is 0. The van der Waals surface area contributed by atoms with E-state index in [1.54, 1.807) is 0 Å². The van der Waals surface area contributed by atoms with Gasteiger partial charge in [0, 0.05) is 0 Å². The highest BCUT2D eigenvalue weighted by atomic mass is 32.2. The highest BCUT2D eigenvalue weighted by Gasteiger charge is 2.24. The molecule has 0 amide bonds. The maximum absolute atomic E-state index is 11.8. The van der Waals surface area contributed by atoms with Gasteiger partial charge in [0.25, 0.3) is 10.1 Å². The summed E-state index contributed by atoms with van der Waals surface area (Å²) in [6, 6.07) is 2.35. The number of hydrogen-bond donors (Lipinski definition) is 3. The van der Waals surface area contributed by atoms with Crippen LogP contribution in [0.1, 0.15) is 0 Å². The van der Waals surface area contributed by atoms with E-state index in [9.17, 15) is 21.4 Å². The number of rotatable bonds is 5. The van der Waals surface area contributed by atoms with Gasteiger partial charge in [-0.2, -0.15) is 8.42 Å². The Kier molecular flexibility index (Phi) is 4.64. The van der Waals surface area contributed by atoms with E-state index in [1.807, 2.05) is 0 Å². The highest BCUT2D eigenvalue weighted by molar-refractivity contribution is 7.91. The van der Waals surface area contributed by atoms with Crippen LogP contribution in [0.25, 0.3) is 0 Å². The average Bonchev–Trinajstić information content (AvgIpc) is 2.24. The monoisotopic (exact) mass is 344 g/mol. The topological polar surface area (TPSA) is 170 Å². The first-order valence-corrected chi connectivity index (χ1v) is 9.82. The molecule has 1 radical (unpaired) electrons. The molecule has 0 aliphatic heterocycles. The van der Waals surface area contributed by atoms with Crippen molar-refractivity contribution in [2.45, 2.75) is 9.79 Å². The van der Waals surface area contributed by atoms with Gasteiger partial charge < -0.3 is 9.79 Å². The molecule has 4 N–H and O–H groups in total. The average molecular weight is 344 g/mol. The fraction of sp³-hybridized carbons (Fsp3) is 0.250. The summed E-state index contributed by atoms with van der Waals surface area (Å²) >= 11 is 0. The number of benzene rings is 1. The number of hydrogen-bond acceptors (Lipinski definition) is 5. The summed E-state index contributed by atoms with van der Waals surface area (Å²) < 4.78 is 65.0. The fourth-order valence-corrected chi connectivity index (χ4v) is 4.68. The van der Waals surface area contributed by atoms with Crippen molar-refractivity contribution in [2.75, 3.05) is 11.9 Å². The highest BCUT2D eigenvalue weighted by Crippen LogP contribution is 2.35. The second kappa shape index (κ2) is 5.43. The molecule has 0 bridgehead atoms. The Labute approximate surface area is 115 Å². The molecule has 9 nitrogen and oxygen atoms in total. The Morgan fingerprint density at radius 1 is 1.15 bits per heavy atom. The molecule has 12 heteroatoms. The molecule has 0 aliphatic carbocycles. The Morgan fingerprint density at radius 2 is 1.70 bits per heavy atom. The quantitative estimate of drug-likeness (QED) is 0.487. The van der Waals surface area contributed by atoms with Crippen molar-refractivity contribution < 1.29 is 35.7 Å². The van der Waals surface area contributed by atoms with Crippen LogP contribution in [-0.2, 0) is 24.5 Å². The first-order valence-electron chi connectivity index (χ1n) is 4.93. The lowest BCUT2D eigenvalue weighted by atomic mass is 10.3. The maximum Gasteiger partial charge on any atom is 0.326 e. The van der Waals surface area contributed by atoms with Gasteiger partial charge in [-0.15, -0.1) is 0 Å². The first kappa shape index (κ1) is 17.1. The molecule has 0 aliphatic rings. The van der Waals surface area contributed by atoms with Crippen LogP contribution < -0.4 is 5.73 Å². The van der Waals surface area contributed by atoms with Crippen LogP contribution in [0.5, 0.6) is 0 Å². The minimum Gasteiger partial charge on any atom is -0.324 e. The van der Waals surface area contributed by atoms with Gasteiger partial charge in [0.2, 0.25) is 0 Å². The second-order valence-electron chi connectivity index (χ2n) is 3.84. The molecule has 20 heavy (non-hydrogen) atoms. The van der Waals surface area contributed by atoms with Gasteiger partial charge in [0.1, 0.15) is 4.90 Å². The van der Waals surface area contributed by atoms with Crippen molar-refractivity contribution in [3.63, 3.8) is 0 Å². The zero-order valence-electron chi connectivity index (χ0n) is 9.79. The summed E-state index contributed by atoms with van der Waals surface area (Å²) in [6.07, 6.45) is -0.917. The van der Waals surface area contributed by atoms with E-state index in [1.165, 1.54) is 0 Å². The predicted molar refractivity (Wildman–Crippen MR) is 68.0 cm³/mol. The Bertz CT molecular complexity index is 764. The third-order valence-corrected chi connectivity index (χ3v) is 5.96. The van der Waals surface area contributed by atoms with Crippen LogP contribution in [0.4, 0.5) is 5.69 Å². The van der Waals surface area contributed by atoms with E-state index >= 15 is 0 Å². The summed E-state index contributed by atoms with van der Waals surface area (Å²) in [4.78, 5) is 15.8. The molecule has 0 fully saturated rings. The van der Waals surface area contributed by atoms with E-state index < -0.39 is 54.9 Å². The molecular formula is C8H11NO8PS2. The molecular weight excluding hydrogens is 333 g/mol. The van der Waals surface area contributed by atoms with Gasteiger partial charge in [0.15, 0.2) is 9.84 Å². The molecule has 0 saturated heterocycles. The third kappa shape index (κ3) is 4.54. The van der Waals surface area contributed by atoms with E-state index in [2.05, 4.69) is 0 Å². The van der Waals surface area contributed by atoms with Crippen LogP contribution in [0.15, 0.2) is 28.0 Å². The van der Waals surface area contributed by atoms with Crippen LogP contribution in [-0.4, -0.2) is 43.1 Å². The summed E-state index contributed by atoms with van der Waals surface area (Å²) in [5.41, 5.74) is 6.67. The third-order valence-electron chi connectivity index (χ3n) is 2.24. The lowest BCUT2D eigenvalue weighted by Gasteiger charge is -2.08.